The van der Waals surface area contributed by atoms with Crippen LogP contribution in [0.1, 0.15) is 28.9 Å². The van der Waals surface area contributed by atoms with Gasteiger partial charge in [0.15, 0.2) is 5.78 Å². The predicted molar refractivity (Wildman–Crippen MR) is 44.3 cm³/mol. The van der Waals surface area contributed by atoms with E-state index in [4.69, 9.17) is 0 Å². The SMILES string of the molecule is O=C1CCCc2ccc(=O)[nH]c21. The Morgan fingerprint density at radius 1 is 1.17 bits per heavy atom. The Hall–Kier alpha value is -1.38. The first-order chi connectivity index (χ1) is 5.77. The van der Waals surface area contributed by atoms with Gasteiger partial charge in [0.25, 0.3) is 0 Å². The molecule has 3 nitrogen and oxygen atoms in total. The first-order valence-corrected chi connectivity index (χ1v) is 4.03. The molecule has 0 radical (unpaired) electrons. The summed E-state index contributed by atoms with van der Waals surface area (Å²) in [5, 5.41) is 0. The molecule has 0 aliphatic heterocycles. The van der Waals surface area contributed by atoms with E-state index < -0.39 is 0 Å². The molecule has 0 unspecified atom stereocenters. The van der Waals surface area contributed by atoms with Crippen LogP contribution in [0.15, 0.2) is 16.9 Å². The molecule has 1 aromatic rings. The highest BCUT2D eigenvalue weighted by Crippen LogP contribution is 2.16. The first-order valence-electron chi connectivity index (χ1n) is 4.03. The third-order valence-corrected chi connectivity index (χ3v) is 2.13. The van der Waals surface area contributed by atoms with Gasteiger partial charge in [0.2, 0.25) is 5.56 Å². The molecule has 0 amide bonds. The molecular weight excluding hydrogens is 154 g/mol. The fourth-order valence-corrected chi connectivity index (χ4v) is 1.53. The molecule has 0 saturated heterocycles. The maximum atomic E-state index is 11.3. The molecule has 0 atom stereocenters. The predicted octanol–water partition coefficient (Wildman–Crippen LogP) is 0.894. The number of carbonyl (C=O) groups is 1. The number of aromatic amines is 1. The van der Waals surface area contributed by atoms with E-state index in [0.717, 1.165) is 18.4 Å². The Morgan fingerprint density at radius 2 is 2.00 bits per heavy atom. The van der Waals surface area contributed by atoms with Gasteiger partial charge >= 0.3 is 0 Å². The normalized spacial score (nSPS) is 15.8. The van der Waals surface area contributed by atoms with E-state index in [1.165, 1.54) is 6.07 Å². The molecule has 0 bridgehead atoms. The number of fused-ring (bicyclic) bond motifs is 1. The van der Waals surface area contributed by atoms with Crippen molar-refractivity contribution in [2.24, 2.45) is 0 Å². The zero-order chi connectivity index (χ0) is 8.55. The van der Waals surface area contributed by atoms with Gasteiger partial charge in [-0.25, -0.2) is 0 Å². The second kappa shape index (κ2) is 2.59. The summed E-state index contributed by atoms with van der Waals surface area (Å²) in [4.78, 5) is 24.7. The summed E-state index contributed by atoms with van der Waals surface area (Å²) in [5.74, 6) is 0.0638. The summed E-state index contributed by atoms with van der Waals surface area (Å²) in [6.45, 7) is 0. The summed E-state index contributed by atoms with van der Waals surface area (Å²) in [6, 6.07) is 3.21. The number of aromatic nitrogens is 1. The molecule has 1 heterocycles. The van der Waals surface area contributed by atoms with E-state index in [2.05, 4.69) is 4.98 Å². The molecule has 1 aliphatic carbocycles. The van der Waals surface area contributed by atoms with Gasteiger partial charge in [-0.15, -0.1) is 0 Å². The number of Topliss-reactive ketones (excluding diaryl/α,β-unsaturated/α-hetero) is 1. The lowest BCUT2D eigenvalue weighted by Crippen LogP contribution is -2.18. The van der Waals surface area contributed by atoms with Gasteiger partial charge in [-0.1, -0.05) is 6.07 Å². The monoisotopic (exact) mass is 163 g/mol. The minimum atomic E-state index is -0.191. The number of hydrogen-bond acceptors (Lipinski definition) is 2. The van der Waals surface area contributed by atoms with Crippen molar-refractivity contribution in [1.29, 1.82) is 0 Å². The van der Waals surface area contributed by atoms with Crippen LogP contribution in [0, 0.1) is 0 Å². The number of pyridine rings is 1. The van der Waals surface area contributed by atoms with Crippen molar-refractivity contribution < 1.29 is 4.79 Å². The van der Waals surface area contributed by atoms with E-state index in [1.54, 1.807) is 6.07 Å². The molecule has 62 valence electrons. The van der Waals surface area contributed by atoms with Crippen LogP contribution in [0.25, 0.3) is 0 Å². The molecule has 1 aromatic heterocycles. The summed E-state index contributed by atoms with van der Waals surface area (Å²) >= 11 is 0. The second-order valence-corrected chi connectivity index (χ2v) is 3.00. The Morgan fingerprint density at radius 3 is 2.83 bits per heavy atom. The van der Waals surface area contributed by atoms with Crippen LogP contribution < -0.4 is 5.56 Å². The molecule has 1 aliphatic rings. The molecule has 12 heavy (non-hydrogen) atoms. The van der Waals surface area contributed by atoms with Crippen molar-refractivity contribution in [3.8, 4) is 0 Å². The zero-order valence-corrected chi connectivity index (χ0v) is 6.59. The number of aryl methyl sites for hydroxylation is 1. The van der Waals surface area contributed by atoms with Crippen LogP contribution in [-0.2, 0) is 6.42 Å². The topological polar surface area (TPSA) is 49.9 Å². The van der Waals surface area contributed by atoms with Gasteiger partial charge in [0, 0.05) is 12.5 Å². The summed E-state index contributed by atoms with van der Waals surface area (Å²) in [7, 11) is 0. The Balaban J connectivity index is 2.61. The van der Waals surface area contributed by atoms with Gasteiger partial charge in [-0.3, -0.25) is 9.59 Å². The third kappa shape index (κ3) is 1.07. The average Bonchev–Trinajstić information content (AvgIpc) is 2.07. The maximum absolute atomic E-state index is 11.3. The van der Waals surface area contributed by atoms with Gasteiger partial charge in [-0.2, -0.15) is 0 Å². The highest BCUT2D eigenvalue weighted by Gasteiger charge is 2.16. The quantitative estimate of drug-likeness (QED) is 0.617. The second-order valence-electron chi connectivity index (χ2n) is 3.00. The van der Waals surface area contributed by atoms with E-state index in [1.807, 2.05) is 0 Å². The third-order valence-electron chi connectivity index (χ3n) is 2.13. The molecule has 0 fully saturated rings. The van der Waals surface area contributed by atoms with Gasteiger partial charge in [0.1, 0.15) is 0 Å². The van der Waals surface area contributed by atoms with Crippen molar-refractivity contribution in [1.82, 2.24) is 4.98 Å². The summed E-state index contributed by atoms with van der Waals surface area (Å²) < 4.78 is 0. The number of ketones is 1. The number of H-pyrrole nitrogens is 1. The number of hydrogen-bond donors (Lipinski definition) is 1. The Kier molecular flexibility index (Phi) is 1.57. The minimum Gasteiger partial charge on any atom is -0.319 e. The highest BCUT2D eigenvalue weighted by atomic mass is 16.1. The van der Waals surface area contributed by atoms with Crippen molar-refractivity contribution in [3.05, 3.63) is 33.7 Å². The van der Waals surface area contributed by atoms with Crippen LogP contribution >= 0.6 is 0 Å². The van der Waals surface area contributed by atoms with E-state index in [9.17, 15) is 9.59 Å². The molecular formula is C9H9NO2. The Labute approximate surface area is 69.4 Å². The van der Waals surface area contributed by atoms with Crippen molar-refractivity contribution >= 4 is 5.78 Å². The summed E-state index contributed by atoms with van der Waals surface area (Å²) in [5.41, 5.74) is 1.31. The van der Waals surface area contributed by atoms with Crippen molar-refractivity contribution in [3.63, 3.8) is 0 Å². The fraction of sp³-hybridized carbons (Fsp3) is 0.333. The van der Waals surface area contributed by atoms with Gasteiger partial charge in [-0.05, 0) is 18.4 Å². The van der Waals surface area contributed by atoms with Crippen LogP contribution in [0.2, 0.25) is 0 Å². The Bertz CT molecular complexity index is 378. The van der Waals surface area contributed by atoms with Crippen LogP contribution in [0.5, 0.6) is 0 Å². The van der Waals surface area contributed by atoms with E-state index in [0.29, 0.717) is 12.1 Å². The molecule has 2 rings (SSSR count). The molecule has 0 spiro atoms. The number of nitrogens with one attached hydrogen (secondary N) is 1. The largest absolute Gasteiger partial charge is 0.319 e. The number of carbonyl (C=O) groups excluding carboxylic acids is 1. The molecule has 1 N–H and O–H groups in total. The van der Waals surface area contributed by atoms with Crippen molar-refractivity contribution in [2.45, 2.75) is 19.3 Å². The first kappa shape index (κ1) is 7.28. The van der Waals surface area contributed by atoms with Crippen LogP contribution in [0.4, 0.5) is 0 Å². The average molecular weight is 163 g/mol. The molecule has 0 aromatic carbocycles. The van der Waals surface area contributed by atoms with Gasteiger partial charge in [0.05, 0.1) is 5.69 Å². The van der Waals surface area contributed by atoms with Gasteiger partial charge < -0.3 is 4.98 Å². The standard InChI is InChI=1S/C9H9NO2/c11-7-3-1-2-6-4-5-8(12)10-9(6)7/h4-5H,1-3H2,(H,10,12). The zero-order valence-electron chi connectivity index (χ0n) is 6.59. The fourth-order valence-electron chi connectivity index (χ4n) is 1.53. The molecule has 0 saturated carbocycles. The highest BCUT2D eigenvalue weighted by molar-refractivity contribution is 5.96. The van der Waals surface area contributed by atoms with Crippen molar-refractivity contribution in [2.75, 3.05) is 0 Å². The lowest BCUT2D eigenvalue weighted by molar-refractivity contribution is 0.0967. The lowest BCUT2D eigenvalue weighted by Gasteiger charge is -2.12. The maximum Gasteiger partial charge on any atom is 0.248 e. The minimum absolute atomic E-state index is 0.0638. The van der Waals surface area contributed by atoms with Crippen LogP contribution in [0.3, 0.4) is 0 Å². The molecule has 3 heteroatoms. The number of rotatable bonds is 0. The van der Waals surface area contributed by atoms with E-state index >= 15 is 0 Å². The summed E-state index contributed by atoms with van der Waals surface area (Å²) in [6.07, 6.45) is 2.36. The lowest BCUT2D eigenvalue weighted by atomic mass is 9.95. The van der Waals surface area contributed by atoms with E-state index in [-0.39, 0.29) is 11.3 Å². The van der Waals surface area contributed by atoms with Crippen LogP contribution in [-0.4, -0.2) is 10.8 Å². The smallest absolute Gasteiger partial charge is 0.248 e.